The molecular weight excluding hydrogens is 262 g/mol. The van der Waals surface area contributed by atoms with Crippen LogP contribution in [0.15, 0.2) is 15.3 Å². The second-order valence-corrected chi connectivity index (χ2v) is 3.86. The number of nitrogens with one attached hydrogen (secondary N) is 1. The molecule has 5 nitrogen and oxygen atoms in total. The molecule has 1 N–H and O–H groups in total. The molecule has 0 spiro atoms. The number of nitrogens with zero attached hydrogens (tertiary/aromatic N) is 2. The Morgan fingerprint density at radius 3 is 2.87 bits per heavy atom. The predicted molar refractivity (Wildman–Crippen MR) is 59.1 cm³/mol. The smallest absolute Gasteiger partial charge is 0.260 e. The molecule has 0 amide bonds. The molecule has 0 saturated heterocycles. The minimum atomic E-state index is -0.201. The summed E-state index contributed by atoms with van der Waals surface area (Å²) in [6.45, 7) is 1.71. The molecule has 0 aromatic carbocycles. The highest BCUT2D eigenvalue weighted by Crippen LogP contribution is 2.24. The number of hydrogen-bond acceptors (Lipinski definition) is 4. The second kappa shape index (κ2) is 3.62. The molecule has 2 aromatic rings. The van der Waals surface area contributed by atoms with Crippen molar-refractivity contribution in [1.82, 2.24) is 15.0 Å². The van der Waals surface area contributed by atoms with Crippen molar-refractivity contribution in [3.63, 3.8) is 0 Å². The number of aromatic nitrogens is 3. The zero-order valence-corrected chi connectivity index (χ0v) is 9.75. The third-order valence-corrected chi connectivity index (χ3v) is 2.50. The van der Waals surface area contributed by atoms with Gasteiger partial charge in [0.05, 0.1) is 17.0 Å². The average Bonchev–Trinajstić information content (AvgIpc) is 2.18. The van der Waals surface area contributed by atoms with E-state index < -0.39 is 0 Å². The molecule has 0 aliphatic heterocycles. The lowest BCUT2D eigenvalue weighted by atomic mass is 10.3. The first-order valence-electron chi connectivity index (χ1n) is 4.23. The van der Waals surface area contributed by atoms with Crippen molar-refractivity contribution in [1.29, 1.82) is 0 Å². The summed E-state index contributed by atoms with van der Waals surface area (Å²) in [4.78, 5) is 22.4. The van der Waals surface area contributed by atoms with E-state index in [2.05, 4.69) is 30.9 Å². The molecule has 2 aromatic heterocycles. The third-order valence-electron chi connectivity index (χ3n) is 1.93. The lowest BCUT2D eigenvalue weighted by Crippen LogP contribution is -2.10. The molecular formula is C9H8BrN3O2. The number of ether oxygens (including phenoxy) is 1. The quantitative estimate of drug-likeness (QED) is 0.850. The molecule has 0 bridgehead atoms. The fourth-order valence-electron chi connectivity index (χ4n) is 1.28. The maximum Gasteiger partial charge on any atom is 0.260 e. The maximum absolute atomic E-state index is 11.6. The van der Waals surface area contributed by atoms with Crippen LogP contribution in [0.2, 0.25) is 0 Å². The molecule has 0 radical (unpaired) electrons. The highest BCUT2D eigenvalue weighted by molar-refractivity contribution is 9.10. The Morgan fingerprint density at radius 2 is 2.20 bits per heavy atom. The van der Waals surface area contributed by atoms with Gasteiger partial charge < -0.3 is 9.72 Å². The standard InChI is InChI=1S/C9H8BrN3O2/c1-4-11-7-5(8(14)12-4)3-6(10)9(13-7)15-2/h3H,1-2H3,(H,11,12,13,14). The van der Waals surface area contributed by atoms with Crippen LogP contribution in [0.25, 0.3) is 11.0 Å². The number of hydrogen-bond donors (Lipinski definition) is 1. The number of pyridine rings is 1. The number of halogens is 1. The summed E-state index contributed by atoms with van der Waals surface area (Å²) in [6.07, 6.45) is 0. The van der Waals surface area contributed by atoms with E-state index in [4.69, 9.17) is 4.74 Å². The summed E-state index contributed by atoms with van der Waals surface area (Å²) in [5.74, 6) is 0.948. The van der Waals surface area contributed by atoms with Gasteiger partial charge in [-0.3, -0.25) is 4.79 Å². The van der Waals surface area contributed by atoms with Gasteiger partial charge in [0, 0.05) is 0 Å². The van der Waals surface area contributed by atoms with Crippen LogP contribution in [0.5, 0.6) is 5.88 Å². The van der Waals surface area contributed by atoms with Gasteiger partial charge in [0.1, 0.15) is 5.82 Å². The molecule has 0 unspecified atom stereocenters. The van der Waals surface area contributed by atoms with E-state index in [1.54, 1.807) is 13.0 Å². The lowest BCUT2D eigenvalue weighted by Gasteiger charge is -2.03. The highest BCUT2D eigenvalue weighted by atomic mass is 79.9. The fourth-order valence-corrected chi connectivity index (χ4v) is 1.76. The Hall–Kier alpha value is -1.43. The van der Waals surface area contributed by atoms with E-state index in [9.17, 15) is 4.79 Å². The zero-order valence-electron chi connectivity index (χ0n) is 8.17. The van der Waals surface area contributed by atoms with Crippen LogP contribution in [-0.4, -0.2) is 22.1 Å². The number of fused-ring (bicyclic) bond motifs is 1. The summed E-state index contributed by atoms with van der Waals surface area (Å²) in [5, 5.41) is 0.438. The first kappa shape index (κ1) is 10.1. The van der Waals surface area contributed by atoms with Crippen LogP contribution in [0.1, 0.15) is 5.82 Å². The minimum Gasteiger partial charge on any atom is -0.480 e. The fraction of sp³-hybridized carbons (Fsp3) is 0.222. The minimum absolute atomic E-state index is 0.201. The topological polar surface area (TPSA) is 67.9 Å². The van der Waals surface area contributed by atoms with E-state index in [1.807, 2.05) is 0 Å². The molecule has 78 valence electrons. The van der Waals surface area contributed by atoms with Crippen molar-refractivity contribution >= 4 is 27.0 Å². The first-order chi connectivity index (χ1) is 7.11. The Morgan fingerprint density at radius 1 is 1.47 bits per heavy atom. The van der Waals surface area contributed by atoms with Crippen molar-refractivity contribution in [2.75, 3.05) is 7.11 Å². The van der Waals surface area contributed by atoms with Crippen molar-refractivity contribution in [2.24, 2.45) is 0 Å². The van der Waals surface area contributed by atoms with Crippen LogP contribution in [0.3, 0.4) is 0 Å². The Bertz CT molecular complexity index is 579. The lowest BCUT2D eigenvalue weighted by molar-refractivity contribution is 0.396. The highest BCUT2D eigenvalue weighted by Gasteiger charge is 2.08. The van der Waals surface area contributed by atoms with Crippen LogP contribution in [-0.2, 0) is 0 Å². The van der Waals surface area contributed by atoms with E-state index in [0.717, 1.165) is 0 Å². The van der Waals surface area contributed by atoms with Crippen molar-refractivity contribution < 1.29 is 4.74 Å². The molecule has 6 heteroatoms. The first-order valence-corrected chi connectivity index (χ1v) is 5.02. The predicted octanol–water partition coefficient (Wildman–Crippen LogP) is 1.40. The number of aromatic amines is 1. The molecule has 15 heavy (non-hydrogen) atoms. The monoisotopic (exact) mass is 269 g/mol. The van der Waals surface area contributed by atoms with E-state index in [1.165, 1.54) is 7.11 Å². The summed E-state index contributed by atoms with van der Waals surface area (Å²) >= 11 is 3.26. The maximum atomic E-state index is 11.6. The Labute approximate surface area is 93.6 Å². The summed E-state index contributed by atoms with van der Waals surface area (Å²) in [6, 6.07) is 1.65. The summed E-state index contributed by atoms with van der Waals surface area (Å²) in [5.41, 5.74) is 0.185. The number of aryl methyl sites for hydroxylation is 1. The van der Waals surface area contributed by atoms with Gasteiger partial charge in [-0.05, 0) is 28.9 Å². The van der Waals surface area contributed by atoms with Gasteiger partial charge in [-0.2, -0.15) is 4.98 Å². The van der Waals surface area contributed by atoms with E-state index in [-0.39, 0.29) is 5.56 Å². The largest absolute Gasteiger partial charge is 0.480 e. The summed E-state index contributed by atoms with van der Waals surface area (Å²) in [7, 11) is 1.51. The van der Waals surface area contributed by atoms with E-state index in [0.29, 0.717) is 27.2 Å². The third kappa shape index (κ3) is 1.72. The Balaban J connectivity index is 2.87. The number of rotatable bonds is 1. The van der Waals surface area contributed by atoms with Crippen molar-refractivity contribution in [2.45, 2.75) is 6.92 Å². The molecule has 2 rings (SSSR count). The number of H-pyrrole nitrogens is 1. The van der Waals surface area contributed by atoms with Gasteiger partial charge in [0.25, 0.3) is 5.56 Å². The molecule has 0 aliphatic carbocycles. The van der Waals surface area contributed by atoms with Gasteiger partial charge in [-0.1, -0.05) is 0 Å². The molecule has 0 aliphatic rings. The van der Waals surface area contributed by atoms with Crippen LogP contribution in [0, 0.1) is 6.92 Å². The molecule has 2 heterocycles. The molecule has 0 fully saturated rings. The van der Waals surface area contributed by atoms with E-state index >= 15 is 0 Å². The Kier molecular flexibility index (Phi) is 2.44. The van der Waals surface area contributed by atoms with Crippen molar-refractivity contribution in [3.05, 3.63) is 26.7 Å². The molecule has 0 atom stereocenters. The molecule has 0 saturated carbocycles. The van der Waals surface area contributed by atoms with Gasteiger partial charge in [-0.15, -0.1) is 0 Å². The average molecular weight is 270 g/mol. The van der Waals surface area contributed by atoms with Gasteiger partial charge >= 0.3 is 0 Å². The van der Waals surface area contributed by atoms with Gasteiger partial charge in [0.15, 0.2) is 5.65 Å². The van der Waals surface area contributed by atoms with Gasteiger partial charge in [0.2, 0.25) is 5.88 Å². The normalized spacial score (nSPS) is 10.6. The zero-order chi connectivity index (χ0) is 11.0. The van der Waals surface area contributed by atoms with Gasteiger partial charge in [-0.25, -0.2) is 4.98 Å². The van der Waals surface area contributed by atoms with Crippen LogP contribution < -0.4 is 10.3 Å². The van der Waals surface area contributed by atoms with Crippen molar-refractivity contribution in [3.8, 4) is 5.88 Å². The van der Waals surface area contributed by atoms with Crippen LogP contribution in [0.4, 0.5) is 0 Å². The summed E-state index contributed by atoms with van der Waals surface area (Å²) < 4.78 is 5.66. The second-order valence-electron chi connectivity index (χ2n) is 3.00. The van der Waals surface area contributed by atoms with Crippen LogP contribution >= 0.6 is 15.9 Å². The SMILES string of the molecule is COc1nc2nc(C)[nH]c(=O)c2cc1Br. The number of methoxy groups -OCH3 is 1.